The Hall–Kier alpha value is -0.570. The minimum Gasteiger partial charge on any atom is -0.356 e. The van der Waals surface area contributed by atoms with E-state index in [1.165, 1.54) is 0 Å². The number of amides is 1. The molecule has 1 aliphatic heterocycles. The second-order valence-electron chi connectivity index (χ2n) is 4.89. The second kappa shape index (κ2) is 4.30. The Kier molecular flexibility index (Phi) is 3.53. The van der Waals surface area contributed by atoms with Gasteiger partial charge in [0.1, 0.15) is 0 Å². The summed E-state index contributed by atoms with van der Waals surface area (Å²) in [6, 6.07) is 0.558. The second-order valence-corrected chi connectivity index (χ2v) is 4.89. The molecule has 0 aliphatic carbocycles. The van der Waals surface area contributed by atoms with Crippen molar-refractivity contribution < 1.29 is 4.79 Å². The van der Waals surface area contributed by atoms with Crippen molar-refractivity contribution in [3.63, 3.8) is 0 Å². The van der Waals surface area contributed by atoms with Gasteiger partial charge in [-0.3, -0.25) is 4.79 Å². The molecule has 0 aromatic carbocycles. The first-order valence-electron chi connectivity index (χ1n) is 5.44. The van der Waals surface area contributed by atoms with Crippen LogP contribution in [0.4, 0.5) is 0 Å². The van der Waals surface area contributed by atoms with Crippen LogP contribution in [0.5, 0.6) is 0 Å². The van der Waals surface area contributed by atoms with E-state index in [9.17, 15) is 4.79 Å². The van der Waals surface area contributed by atoms with Crippen molar-refractivity contribution in [3.05, 3.63) is 0 Å². The van der Waals surface area contributed by atoms with Gasteiger partial charge in [0.15, 0.2) is 0 Å². The fraction of sp³-hybridized carbons (Fsp3) is 0.909. The lowest BCUT2D eigenvalue weighted by atomic mass is 9.85. The molecule has 82 valence electrons. The lowest BCUT2D eigenvalue weighted by Gasteiger charge is -2.26. The highest BCUT2D eigenvalue weighted by Gasteiger charge is 2.37. The van der Waals surface area contributed by atoms with Crippen LogP contribution in [0.2, 0.25) is 0 Å². The molecular formula is C11H22N2O. The molecule has 1 saturated heterocycles. The monoisotopic (exact) mass is 198 g/mol. The minimum atomic E-state index is -0.122. The van der Waals surface area contributed by atoms with Gasteiger partial charge in [-0.25, -0.2) is 0 Å². The van der Waals surface area contributed by atoms with Gasteiger partial charge in [-0.05, 0) is 40.3 Å². The number of hydrogen-bond donors (Lipinski definition) is 1. The molecule has 1 heterocycles. The third kappa shape index (κ3) is 2.47. The molecule has 1 aliphatic rings. The topological polar surface area (TPSA) is 32.3 Å². The van der Waals surface area contributed by atoms with E-state index in [1.54, 1.807) is 0 Å². The first-order valence-corrected chi connectivity index (χ1v) is 5.44. The molecule has 1 amide bonds. The van der Waals surface area contributed by atoms with E-state index in [0.717, 1.165) is 25.9 Å². The van der Waals surface area contributed by atoms with Gasteiger partial charge in [-0.15, -0.1) is 0 Å². The van der Waals surface area contributed by atoms with E-state index in [1.807, 2.05) is 0 Å². The van der Waals surface area contributed by atoms with Crippen molar-refractivity contribution in [2.45, 2.75) is 39.7 Å². The average Bonchev–Trinajstić information content (AvgIpc) is 2.44. The number of rotatable bonds is 4. The van der Waals surface area contributed by atoms with Crippen LogP contribution in [0.1, 0.15) is 33.6 Å². The third-order valence-electron chi connectivity index (χ3n) is 3.41. The number of nitrogens with one attached hydrogen (secondary N) is 1. The van der Waals surface area contributed by atoms with Crippen LogP contribution in [0.15, 0.2) is 0 Å². The summed E-state index contributed by atoms with van der Waals surface area (Å²) in [5, 5.41) is 2.91. The maximum absolute atomic E-state index is 11.5. The number of carbonyl (C=O) groups excluding carboxylic acids is 1. The van der Waals surface area contributed by atoms with Crippen molar-refractivity contribution in [3.8, 4) is 0 Å². The van der Waals surface area contributed by atoms with Crippen molar-refractivity contribution in [2.24, 2.45) is 5.41 Å². The molecule has 0 spiro atoms. The molecule has 3 nitrogen and oxygen atoms in total. The Balaban J connectivity index is 2.40. The van der Waals surface area contributed by atoms with E-state index in [4.69, 9.17) is 0 Å². The van der Waals surface area contributed by atoms with Gasteiger partial charge in [-0.2, -0.15) is 0 Å². The van der Waals surface area contributed by atoms with E-state index >= 15 is 0 Å². The molecule has 0 saturated carbocycles. The molecule has 0 radical (unpaired) electrons. The van der Waals surface area contributed by atoms with Gasteiger partial charge >= 0.3 is 0 Å². The van der Waals surface area contributed by atoms with Crippen molar-refractivity contribution >= 4 is 5.91 Å². The van der Waals surface area contributed by atoms with Crippen molar-refractivity contribution in [2.75, 3.05) is 20.1 Å². The standard InChI is InChI=1S/C11H22N2O/c1-9(2)13(4)8-6-11(3)5-7-12-10(11)14/h9H,5-8H2,1-4H3,(H,12,14). The zero-order valence-corrected chi connectivity index (χ0v) is 9.76. The highest BCUT2D eigenvalue weighted by Crippen LogP contribution is 2.30. The van der Waals surface area contributed by atoms with Crippen LogP contribution in [-0.2, 0) is 4.79 Å². The predicted octanol–water partition coefficient (Wildman–Crippen LogP) is 1.24. The smallest absolute Gasteiger partial charge is 0.226 e. The van der Waals surface area contributed by atoms with E-state index in [0.29, 0.717) is 6.04 Å². The molecule has 0 bridgehead atoms. The molecule has 0 aromatic rings. The van der Waals surface area contributed by atoms with Crippen LogP contribution in [0.3, 0.4) is 0 Å². The first kappa shape index (κ1) is 11.5. The van der Waals surface area contributed by atoms with Gasteiger partial charge in [0.25, 0.3) is 0 Å². The largest absolute Gasteiger partial charge is 0.356 e. The zero-order chi connectivity index (χ0) is 10.8. The van der Waals surface area contributed by atoms with Crippen molar-refractivity contribution in [1.82, 2.24) is 10.2 Å². The third-order valence-corrected chi connectivity index (χ3v) is 3.41. The molecule has 14 heavy (non-hydrogen) atoms. The fourth-order valence-electron chi connectivity index (χ4n) is 1.70. The van der Waals surface area contributed by atoms with Gasteiger partial charge in [-0.1, -0.05) is 6.92 Å². The summed E-state index contributed by atoms with van der Waals surface area (Å²) in [7, 11) is 2.11. The molecule has 1 N–H and O–H groups in total. The fourth-order valence-corrected chi connectivity index (χ4v) is 1.70. The number of hydrogen-bond acceptors (Lipinski definition) is 2. The summed E-state index contributed by atoms with van der Waals surface area (Å²) in [5.41, 5.74) is -0.122. The molecule has 1 rings (SSSR count). The molecule has 1 atom stereocenters. The van der Waals surface area contributed by atoms with Crippen LogP contribution < -0.4 is 5.32 Å². The van der Waals surface area contributed by atoms with E-state index < -0.39 is 0 Å². The summed E-state index contributed by atoms with van der Waals surface area (Å²) in [4.78, 5) is 13.8. The SMILES string of the molecule is CC(C)N(C)CCC1(C)CCNC1=O. The summed E-state index contributed by atoms with van der Waals surface area (Å²) in [5.74, 6) is 0.231. The van der Waals surface area contributed by atoms with Gasteiger partial charge < -0.3 is 10.2 Å². The zero-order valence-electron chi connectivity index (χ0n) is 9.76. The number of nitrogens with zero attached hydrogens (tertiary/aromatic N) is 1. The predicted molar refractivity (Wildman–Crippen MR) is 58.1 cm³/mol. The van der Waals surface area contributed by atoms with Crippen LogP contribution in [0.25, 0.3) is 0 Å². The highest BCUT2D eigenvalue weighted by molar-refractivity contribution is 5.84. The van der Waals surface area contributed by atoms with Crippen molar-refractivity contribution in [1.29, 1.82) is 0 Å². The maximum Gasteiger partial charge on any atom is 0.226 e. The Morgan fingerprint density at radius 1 is 1.57 bits per heavy atom. The minimum absolute atomic E-state index is 0.122. The highest BCUT2D eigenvalue weighted by atomic mass is 16.2. The molecule has 3 heteroatoms. The summed E-state index contributed by atoms with van der Waals surface area (Å²) >= 11 is 0. The Morgan fingerprint density at radius 3 is 2.64 bits per heavy atom. The molecule has 1 unspecified atom stereocenters. The maximum atomic E-state index is 11.5. The Bertz CT molecular complexity index is 215. The quantitative estimate of drug-likeness (QED) is 0.737. The van der Waals surface area contributed by atoms with Crippen LogP contribution >= 0.6 is 0 Å². The normalized spacial score (nSPS) is 27.4. The van der Waals surface area contributed by atoms with E-state index in [2.05, 4.69) is 38.0 Å². The number of carbonyl (C=O) groups is 1. The average molecular weight is 198 g/mol. The first-order chi connectivity index (χ1) is 6.46. The van der Waals surface area contributed by atoms with Crippen LogP contribution in [-0.4, -0.2) is 37.0 Å². The molecule has 0 aromatic heterocycles. The molecule has 1 fully saturated rings. The lowest BCUT2D eigenvalue weighted by Crippen LogP contribution is -2.34. The Morgan fingerprint density at radius 2 is 2.21 bits per heavy atom. The summed E-state index contributed by atoms with van der Waals surface area (Å²) in [6.45, 7) is 8.28. The summed E-state index contributed by atoms with van der Waals surface area (Å²) < 4.78 is 0. The van der Waals surface area contributed by atoms with Gasteiger partial charge in [0, 0.05) is 18.0 Å². The molecular weight excluding hydrogens is 176 g/mol. The van der Waals surface area contributed by atoms with Gasteiger partial charge in [0.2, 0.25) is 5.91 Å². The lowest BCUT2D eigenvalue weighted by molar-refractivity contribution is -0.127. The summed E-state index contributed by atoms with van der Waals surface area (Å²) in [6.07, 6.45) is 1.95. The van der Waals surface area contributed by atoms with E-state index in [-0.39, 0.29) is 11.3 Å². The van der Waals surface area contributed by atoms with Gasteiger partial charge in [0.05, 0.1) is 0 Å². The van der Waals surface area contributed by atoms with Crippen LogP contribution in [0, 0.1) is 5.41 Å². The Labute approximate surface area is 86.9 Å².